The van der Waals surface area contributed by atoms with E-state index in [0.29, 0.717) is 23.9 Å². The highest BCUT2D eigenvalue weighted by molar-refractivity contribution is 6.33. The van der Waals surface area contributed by atoms with E-state index in [2.05, 4.69) is 5.32 Å². The Labute approximate surface area is 177 Å². The highest BCUT2D eigenvalue weighted by Gasteiger charge is 2.24. The smallest absolute Gasteiger partial charge is 0.279 e. The minimum Gasteiger partial charge on any atom is -0.497 e. The maximum atomic E-state index is 12.3. The molecule has 0 saturated carbocycles. The summed E-state index contributed by atoms with van der Waals surface area (Å²) in [4.78, 5) is 15.2. The molecule has 0 spiro atoms. The number of piperazine rings is 1. The Balaban J connectivity index is 1.30. The van der Waals surface area contributed by atoms with E-state index in [0.717, 1.165) is 50.6 Å². The van der Waals surface area contributed by atoms with Gasteiger partial charge in [-0.15, -0.1) is 0 Å². The van der Waals surface area contributed by atoms with Crippen molar-refractivity contribution in [3.8, 4) is 11.5 Å². The van der Waals surface area contributed by atoms with Crippen molar-refractivity contribution in [2.24, 2.45) is 0 Å². The predicted octanol–water partition coefficient (Wildman–Crippen LogP) is 0.540. The van der Waals surface area contributed by atoms with E-state index >= 15 is 0 Å². The lowest BCUT2D eigenvalue weighted by Gasteiger charge is -2.29. The summed E-state index contributed by atoms with van der Waals surface area (Å²) >= 11 is 6.10. The first-order valence-corrected chi connectivity index (χ1v) is 10.5. The van der Waals surface area contributed by atoms with Crippen molar-refractivity contribution in [2.75, 3.05) is 58.3 Å². The number of halogens is 1. The van der Waals surface area contributed by atoms with Gasteiger partial charge in [-0.2, -0.15) is 0 Å². The van der Waals surface area contributed by atoms with Gasteiger partial charge in [0.2, 0.25) is 0 Å². The molecule has 0 atom stereocenters. The van der Waals surface area contributed by atoms with Gasteiger partial charge in [-0.25, -0.2) is 0 Å². The van der Waals surface area contributed by atoms with Gasteiger partial charge in [-0.3, -0.25) is 4.79 Å². The van der Waals surface area contributed by atoms with E-state index in [4.69, 9.17) is 21.1 Å². The van der Waals surface area contributed by atoms with Crippen molar-refractivity contribution in [1.29, 1.82) is 0 Å². The predicted molar refractivity (Wildman–Crippen MR) is 114 cm³/mol. The Bertz CT molecular complexity index is 777. The normalized spacial score (nSPS) is 18.8. The third kappa shape index (κ3) is 6.92. The summed E-state index contributed by atoms with van der Waals surface area (Å²) in [7, 11) is 1.66. The quantitative estimate of drug-likeness (QED) is 0.520. The summed E-state index contributed by atoms with van der Waals surface area (Å²) in [5.74, 6) is 1.73. The number of hydrogen-bond acceptors (Lipinski definition) is 3. The highest BCUT2D eigenvalue weighted by Crippen LogP contribution is 2.20. The Kier molecular flexibility index (Phi) is 8.16. The van der Waals surface area contributed by atoms with Gasteiger partial charge in [0.15, 0.2) is 6.54 Å². The molecule has 1 fully saturated rings. The maximum Gasteiger partial charge on any atom is 0.279 e. The molecule has 7 heteroatoms. The molecule has 0 radical (unpaired) electrons. The van der Waals surface area contributed by atoms with Crippen molar-refractivity contribution in [3.05, 3.63) is 53.6 Å². The van der Waals surface area contributed by atoms with Crippen LogP contribution in [0.5, 0.6) is 11.5 Å². The molecule has 0 aromatic heterocycles. The Morgan fingerprint density at radius 1 is 1.00 bits per heavy atom. The molecular weight excluding hydrogens is 390 g/mol. The molecule has 6 nitrogen and oxygen atoms in total. The van der Waals surface area contributed by atoms with Crippen LogP contribution in [0.15, 0.2) is 48.5 Å². The van der Waals surface area contributed by atoms with Crippen LogP contribution in [-0.4, -0.2) is 58.9 Å². The Hall–Kier alpha value is -2.28. The van der Waals surface area contributed by atoms with Crippen molar-refractivity contribution in [1.82, 2.24) is 0 Å². The number of methoxy groups -OCH3 is 1. The number of para-hydroxylation sites is 1. The van der Waals surface area contributed by atoms with E-state index in [1.807, 2.05) is 42.5 Å². The topological polar surface area (TPSA) is 56.4 Å². The zero-order valence-corrected chi connectivity index (χ0v) is 17.6. The number of nitrogens with one attached hydrogen (secondary N) is 3. The molecule has 29 heavy (non-hydrogen) atoms. The third-order valence-electron chi connectivity index (χ3n) is 5.23. The van der Waals surface area contributed by atoms with Crippen LogP contribution in [0.4, 0.5) is 5.69 Å². The average Bonchev–Trinajstić information content (AvgIpc) is 2.74. The molecule has 0 bridgehead atoms. The van der Waals surface area contributed by atoms with Gasteiger partial charge in [0.05, 0.1) is 31.0 Å². The summed E-state index contributed by atoms with van der Waals surface area (Å²) in [5.41, 5.74) is 0.680. The van der Waals surface area contributed by atoms with Crippen LogP contribution in [0.3, 0.4) is 0 Å². The Morgan fingerprint density at radius 3 is 2.34 bits per heavy atom. The SMILES string of the molecule is COc1ccc(OCCC[NH+]2CC[NH+](CC(=O)Nc3ccccc3Cl)CC2)cc1. The number of carbonyl (C=O) groups excluding carboxylic acids is 1. The number of benzene rings is 2. The van der Waals surface area contributed by atoms with Crippen LogP contribution in [0.25, 0.3) is 0 Å². The van der Waals surface area contributed by atoms with Gasteiger partial charge in [-0.1, -0.05) is 23.7 Å². The van der Waals surface area contributed by atoms with Crippen LogP contribution < -0.4 is 24.6 Å². The molecule has 1 amide bonds. The number of anilines is 1. The summed E-state index contributed by atoms with van der Waals surface area (Å²) in [6.45, 7) is 6.46. The molecule has 2 aromatic rings. The fourth-order valence-electron chi connectivity index (χ4n) is 3.55. The van der Waals surface area contributed by atoms with Gasteiger partial charge in [0.1, 0.15) is 37.7 Å². The van der Waals surface area contributed by atoms with E-state index in [1.165, 1.54) is 4.90 Å². The molecule has 1 aliphatic rings. The lowest BCUT2D eigenvalue weighted by molar-refractivity contribution is -1.01. The van der Waals surface area contributed by atoms with Crippen LogP contribution in [-0.2, 0) is 4.79 Å². The zero-order chi connectivity index (χ0) is 20.5. The second-order valence-corrected chi connectivity index (χ2v) is 7.74. The Morgan fingerprint density at radius 2 is 1.66 bits per heavy atom. The van der Waals surface area contributed by atoms with Crippen molar-refractivity contribution < 1.29 is 24.1 Å². The summed E-state index contributed by atoms with van der Waals surface area (Å²) in [6.07, 6.45) is 1.02. The lowest BCUT2D eigenvalue weighted by atomic mass is 10.2. The highest BCUT2D eigenvalue weighted by atomic mass is 35.5. The molecule has 0 aliphatic carbocycles. The van der Waals surface area contributed by atoms with Crippen molar-refractivity contribution in [2.45, 2.75) is 6.42 Å². The second-order valence-electron chi connectivity index (χ2n) is 7.33. The molecule has 3 rings (SSSR count). The zero-order valence-electron chi connectivity index (χ0n) is 16.9. The molecule has 3 N–H and O–H groups in total. The van der Waals surface area contributed by atoms with Gasteiger partial charge in [0, 0.05) is 6.42 Å². The summed E-state index contributed by atoms with van der Waals surface area (Å²) < 4.78 is 10.9. The first kappa shape index (κ1) is 21.4. The average molecular weight is 420 g/mol. The number of quaternary nitrogens is 2. The molecule has 1 aliphatic heterocycles. The fourth-order valence-corrected chi connectivity index (χ4v) is 3.74. The monoisotopic (exact) mass is 419 g/mol. The molecule has 1 saturated heterocycles. The molecule has 2 aromatic carbocycles. The van der Waals surface area contributed by atoms with Crippen LogP contribution >= 0.6 is 11.6 Å². The number of hydrogen-bond donors (Lipinski definition) is 3. The number of ether oxygens (including phenoxy) is 2. The number of rotatable bonds is 9. The second kappa shape index (κ2) is 11.0. The van der Waals surface area contributed by atoms with Crippen LogP contribution in [0.2, 0.25) is 5.02 Å². The standard InChI is InChI=1S/C22H28ClN3O3/c1-28-18-7-9-19(10-8-18)29-16-4-11-25-12-14-26(15-13-25)17-22(27)24-21-6-3-2-5-20(21)23/h2-3,5-10H,4,11-17H2,1H3,(H,24,27)/p+2. The lowest BCUT2D eigenvalue weighted by Crippen LogP contribution is -3.28. The largest absolute Gasteiger partial charge is 0.497 e. The third-order valence-corrected chi connectivity index (χ3v) is 5.56. The van der Waals surface area contributed by atoms with E-state index in [9.17, 15) is 4.79 Å². The van der Waals surface area contributed by atoms with Gasteiger partial charge < -0.3 is 24.6 Å². The van der Waals surface area contributed by atoms with Gasteiger partial charge >= 0.3 is 0 Å². The van der Waals surface area contributed by atoms with Crippen molar-refractivity contribution >= 4 is 23.2 Å². The first-order chi connectivity index (χ1) is 14.1. The van der Waals surface area contributed by atoms with Crippen molar-refractivity contribution in [3.63, 3.8) is 0 Å². The molecular formula is C22H30ClN3O3+2. The minimum atomic E-state index is 0.0180. The molecule has 1 heterocycles. The van der Waals surface area contributed by atoms with Crippen LogP contribution in [0.1, 0.15) is 6.42 Å². The number of carbonyl (C=O) groups is 1. The molecule has 156 valence electrons. The first-order valence-electron chi connectivity index (χ1n) is 10.1. The van der Waals surface area contributed by atoms with Gasteiger partial charge in [0.25, 0.3) is 5.91 Å². The molecule has 0 unspecified atom stereocenters. The minimum absolute atomic E-state index is 0.0180. The maximum absolute atomic E-state index is 12.3. The van der Waals surface area contributed by atoms with Gasteiger partial charge in [-0.05, 0) is 36.4 Å². The van der Waals surface area contributed by atoms with E-state index in [1.54, 1.807) is 18.1 Å². The van der Waals surface area contributed by atoms with Crippen LogP contribution in [0, 0.1) is 0 Å². The van der Waals surface area contributed by atoms with E-state index in [-0.39, 0.29) is 5.91 Å². The fraction of sp³-hybridized carbons (Fsp3) is 0.409. The summed E-state index contributed by atoms with van der Waals surface area (Å²) in [6, 6.07) is 15.0. The van der Waals surface area contributed by atoms with E-state index < -0.39 is 0 Å². The number of amides is 1. The summed E-state index contributed by atoms with van der Waals surface area (Å²) in [5, 5.41) is 3.48.